The van der Waals surface area contributed by atoms with E-state index in [-0.39, 0.29) is 17.1 Å². The number of hydrogen-bond donors (Lipinski definition) is 1. The van der Waals surface area contributed by atoms with Crippen molar-refractivity contribution in [2.24, 2.45) is 0 Å². The summed E-state index contributed by atoms with van der Waals surface area (Å²) in [7, 11) is 0. The van der Waals surface area contributed by atoms with Crippen molar-refractivity contribution < 1.29 is 9.18 Å². The molecule has 1 unspecified atom stereocenters. The number of amides is 1. The number of fused-ring (bicyclic) bond motifs is 3. The van der Waals surface area contributed by atoms with Crippen LogP contribution in [0.4, 0.5) is 10.1 Å². The van der Waals surface area contributed by atoms with Crippen LogP contribution in [0.3, 0.4) is 0 Å². The number of rotatable bonds is 2. The lowest BCUT2D eigenvalue weighted by atomic mass is 9.75. The number of carbonyl (C=O) groups is 1. The fraction of sp³-hybridized carbons (Fsp3) is 0.250. The average molecular weight is 322 g/mol. The van der Waals surface area contributed by atoms with E-state index in [0.717, 1.165) is 5.69 Å². The Morgan fingerprint density at radius 2 is 1.83 bits per heavy atom. The van der Waals surface area contributed by atoms with Crippen molar-refractivity contribution in [3.05, 3.63) is 71.6 Å². The second-order valence-corrected chi connectivity index (χ2v) is 6.90. The van der Waals surface area contributed by atoms with Gasteiger partial charge in [-0.05, 0) is 23.8 Å². The Morgan fingerprint density at radius 1 is 1.12 bits per heavy atom. The van der Waals surface area contributed by atoms with E-state index < -0.39 is 5.66 Å². The standard InChI is InChI=1S/C20H19FN2O/c1-19(2)15-8-4-6-10-17(15)23-13-18(24)22-20(19,23)12-11-14-7-3-5-9-16(14)21/h3-12H,13H2,1-2H3,(H,22,24)/b12-11+. The third kappa shape index (κ3) is 1.86. The number of halogens is 1. The van der Waals surface area contributed by atoms with Crippen molar-refractivity contribution >= 4 is 17.7 Å². The molecular weight excluding hydrogens is 303 g/mol. The zero-order chi connectivity index (χ0) is 16.9. The summed E-state index contributed by atoms with van der Waals surface area (Å²) in [4.78, 5) is 14.3. The van der Waals surface area contributed by atoms with Crippen molar-refractivity contribution in [3.8, 4) is 0 Å². The molecule has 24 heavy (non-hydrogen) atoms. The summed E-state index contributed by atoms with van der Waals surface area (Å²) in [6.07, 6.45) is 3.69. The minimum atomic E-state index is -0.684. The smallest absolute Gasteiger partial charge is 0.241 e. The molecule has 0 aliphatic carbocycles. The van der Waals surface area contributed by atoms with Crippen LogP contribution in [0.2, 0.25) is 0 Å². The predicted octanol–water partition coefficient (Wildman–Crippen LogP) is 3.46. The summed E-state index contributed by atoms with van der Waals surface area (Å²) in [5.41, 5.74) is 1.73. The molecule has 0 saturated carbocycles. The fourth-order valence-corrected chi connectivity index (χ4v) is 3.96. The first-order chi connectivity index (χ1) is 11.5. The van der Waals surface area contributed by atoms with Gasteiger partial charge in [0.2, 0.25) is 5.91 Å². The molecule has 0 aromatic heterocycles. The highest BCUT2D eigenvalue weighted by Gasteiger charge is 2.59. The van der Waals surface area contributed by atoms with Crippen LogP contribution in [0.1, 0.15) is 25.0 Å². The monoisotopic (exact) mass is 322 g/mol. The molecule has 0 spiro atoms. The Hall–Kier alpha value is -2.62. The number of benzene rings is 2. The lowest BCUT2D eigenvalue weighted by Crippen LogP contribution is -2.58. The van der Waals surface area contributed by atoms with E-state index in [9.17, 15) is 9.18 Å². The quantitative estimate of drug-likeness (QED) is 0.918. The molecule has 4 rings (SSSR count). The molecule has 0 radical (unpaired) electrons. The number of nitrogens with one attached hydrogen (secondary N) is 1. The summed E-state index contributed by atoms with van der Waals surface area (Å²) >= 11 is 0. The van der Waals surface area contributed by atoms with Crippen molar-refractivity contribution in [3.63, 3.8) is 0 Å². The van der Waals surface area contributed by atoms with Crippen molar-refractivity contribution in [1.82, 2.24) is 5.32 Å². The summed E-state index contributed by atoms with van der Waals surface area (Å²) in [6.45, 7) is 4.54. The maximum absolute atomic E-state index is 14.0. The van der Waals surface area contributed by atoms with Gasteiger partial charge in [0.1, 0.15) is 11.5 Å². The van der Waals surface area contributed by atoms with Crippen LogP contribution >= 0.6 is 0 Å². The first kappa shape index (κ1) is 14.9. The third-order valence-corrected chi connectivity index (χ3v) is 5.29. The molecule has 4 heteroatoms. The van der Waals surface area contributed by atoms with Crippen LogP contribution in [0, 0.1) is 5.82 Å². The Balaban J connectivity index is 1.86. The molecule has 1 saturated heterocycles. The summed E-state index contributed by atoms with van der Waals surface area (Å²) in [6, 6.07) is 14.8. The van der Waals surface area contributed by atoms with E-state index in [2.05, 4.69) is 30.1 Å². The number of nitrogens with zero attached hydrogens (tertiary/aromatic N) is 1. The molecule has 1 fully saturated rings. The lowest BCUT2D eigenvalue weighted by molar-refractivity contribution is -0.118. The average Bonchev–Trinajstić information content (AvgIpc) is 2.99. The minimum absolute atomic E-state index is 0.0178. The Morgan fingerprint density at radius 3 is 2.62 bits per heavy atom. The maximum atomic E-state index is 14.0. The van der Waals surface area contributed by atoms with Gasteiger partial charge in [-0.25, -0.2) is 4.39 Å². The van der Waals surface area contributed by atoms with Gasteiger partial charge in [-0.2, -0.15) is 0 Å². The van der Waals surface area contributed by atoms with Gasteiger partial charge in [-0.15, -0.1) is 0 Å². The molecule has 2 aromatic carbocycles. The molecule has 2 aliphatic rings. The second-order valence-electron chi connectivity index (χ2n) is 6.90. The number of carbonyl (C=O) groups excluding carboxylic acids is 1. The molecule has 2 heterocycles. The largest absolute Gasteiger partial charge is 0.335 e. The van der Waals surface area contributed by atoms with E-state index in [1.807, 2.05) is 24.3 Å². The molecular formula is C20H19FN2O. The van der Waals surface area contributed by atoms with E-state index in [4.69, 9.17) is 0 Å². The zero-order valence-corrected chi connectivity index (χ0v) is 13.7. The van der Waals surface area contributed by atoms with Crippen LogP contribution in [-0.2, 0) is 10.2 Å². The van der Waals surface area contributed by atoms with E-state index in [1.54, 1.807) is 24.3 Å². The second kappa shape index (κ2) is 4.94. The zero-order valence-electron chi connectivity index (χ0n) is 13.7. The van der Waals surface area contributed by atoms with Gasteiger partial charge in [0, 0.05) is 16.7 Å². The Bertz CT molecular complexity index is 858. The SMILES string of the molecule is CC1(C)c2ccccc2N2CC(=O)NC21/C=C/c1ccccc1F. The van der Waals surface area contributed by atoms with Crippen LogP contribution < -0.4 is 10.2 Å². The summed E-state index contributed by atoms with van der Waals surface area (Å²) in [5.74, 6) is -0.287. The Kier molecular flexibility index (Phi) is 3.07. The highest BCUT2D eigenvalue weighted by Crippen LogP contribution is 2.52. The predicted molar refractivity (Wildman–Crippen MR) is 93.1 cm³/mol. The van der Waals surface area contributed by atoms with Crippen LogP contribution in [0.5, 0.6) is 0 Å². The van der Waals surface area contributed by atoms with E-state index in [0.29, 0.717) is 12.1 Å². The number of para-hydroxylation sites is 1. The first-order valence-corrected chi connectivity index (χ1v) is 8.08. The van der Waals surface area contributed by atoms with Gasteiger partial charge >= 0.3 is 0 Å². The molecule has 1 N–H and O–H groups in total. The normalized spacial score (nSPS) is 24.1. The third-order valence-electron chi connectivity index (χ3n) is 5.29. The minimum Gasteiger partial charge on any atom is -0.335 e. The molecule has 2 aromatic rings. The molecule has 3 nitrogen and oxygen atoms in total. The molecule has 1 atom stereocenters. The maximum Gasteiger partial charge on any atom is 0.241 e. The summed E-state index contributed by atoms with van der Waals surface area (Å²) < 4.78 is 14.0. The molecule has 2 aliphatic heterocycles. The van der Waals surface area contributed by atoms with E-state index >= 15 is 0 Å². The van der Waals surface area contributed by atoms with Crippen molar-refractivity contribution in [2.75, 3.05) is 11.4 Å². The highest BCUT2D eigenvalue weighted by molar-refractivity contribution is 5.91. The van der Waals surface area contributed by atoms with Crippen LogP contribution in [0.15, 0.2) is 54.6 Å². The fourth-order valence-electron chi connectivity index (χ4n) is 3.96. The molecule has 122 valence electrons. The first-order valence-electron chi connectivity index (χ1n) is 8.08. The van der Waals surface area contributed by atoms with Crippen LogP contribution in [-0.4, -0.2) is 18.1 Å². The van der Waals surface area contributed by atoms with Gasteiger partial charge in [-0.1, -0.05) is 56.3 Å². The molecule has 0 bridgehead atoms. The number of hydrogen-bond acceptors (Lipinski definition) is 2. The van der Waals surface area contributed by atoms with Gasteiger partial charge < -0.3 is 10.2 Å². The van der Waals surface area contributed by atoms with Gasteiger partial charge in [0.25, 0.3) is 0 Å². The van der Waals surface area contributed by atoms with Gasteiger partial charge in [-0.3, -0.25) is 4.79 Å². The van der Waals surface area contributed by atoms with Crippen molar-refractivity contribution in [2.45, 2.75) is 24.9 Å². The van der Waals surface area contributed by atoms with E-state index in [1.165, 1.54) is 11.6 Å². The lowest BCUT2D eigenvalue weighted by Gasteiger charge is -2.40. The van der Waals surface area contributed by atoms with Crippen molar-refractivity contribution in [1.29, 1.82) is 0 Å². The van der Waals surface area contributed by atoms with Gasteiger partial charge in [0.15, 0.2) is 0 Å². The summed E-state index contributed by atoms with van der Waals surface area (Å²) in [5, 5.41) is 3.13. The topological polar surface area (TPSA) is 32.3 Å². The number of anilines is 1. The Labute approximate surface area is 140 Å². The van der Waals surface area contributed by atoms with Gasteiger partial charge in [0.05, 0.1) is 6.54 Å². The molecule has 1 amide bonds. The van der Waals surface area contributed by atoms with Crippen LogP contribution in [0.25, 0.3) is 6.08 Å². The highest BCUT2D eigenvalue weighted by atomic mass is 19.1.